The van der Waals surface area contributed by atoms with Crippen LogP contribution in [0.5, 0.6) is 0 Å². The molecule has 0 aliphatic rings. The summed E-state index contributed by atoms with van der Waals surface area (Å²) in [5, 5.41) is 9.24. The molecule has 0 saturated carbocycles. The maximum Gasteiger partial charge on any atom is 0.191 e. The van der Waals surface area contributed by atoms with Gasteiger partial charge in [0, 0.05) is 12.2 Å². The first-order valence-electron chi connectivity index (χ1n) is 6.69. The van der Waals surface area contributed by atoms with Gasteiger partial charge in [0.2, 0.25) is 0 Å². The molecular formula is C15H25FO2Si. The molecule has 0 aromatic heterocycles. The highest BCUT2D eigenvalue weighted by atomic mass is 28.4. The van der Waals surface area contributed by atoms with Crippen molar-refractivity contribution < 1.29 is 13.9 Å². The number of benzene rings is 1. The number of halogens is 1. The number of aliphatic hydroxyl groups is 1. The number of hydrogen-bond donors (Lipinski definition) is 1. The van der Waals surface area contributed by atoms with Crippen LogP contribution in [0.4, 0.5) is 4.39 Å². The summed E-state index contributed by atoms with van der Waals surface area (Å²) in [5.74, 6) is -0.350. The van der Waals surface area contributed by atoms with Crippen molar-refractivity contribution in [2.75, 3.05) is 6.61 Å². The van der Waals surface area contributed by atoms with Crippen molar-refractivity contribution in [1.82, 2.24) is 0 Å². The van der Waals surface area contributed by atoms with Gasteiger partial charge in [0.15, 0.2) is 8.32 Å². The molecule has 0 bridgehead atoms. The fraction of sp³-hybridized carbons (Fsp3) is 0.600. The van der Waals surface area contributed by atoms with Crippen molar-refractivity contribution in [2.24, 2.45) is 0 Å². The third-order valence-corrected chi connectivity index (χ3v) is 8.48. The van der Waals surface area contributed by atoms with Gasteiger partial charge in [-0.05, 0) is 36.2 Å². The summed E-state index contributed by atoms with van der Waals surface area (Å²) in [6, 6.07) is 4.88. The van der Waals surface area contributed by atoms with Crippen molar-refractivity contribution in [2.45, 2.75) is 51.9 Å². The minimum Gasteiger partial charge on any atom is -0.416 e. The molecular weight excluding hydrogens is 259 g/mol. The highest BCUT2D eigenvalue weighted by Gasteiger charge is 2.36. The van der Waals surface area contributed by atoms with Crippen LogP contribution in [0.1, 0.15) is 31.9 Å². The minimum atomic E-state index is -1.72. The standard InChI is InChI=1S/C15H25FO2Si/c1-15(2,3)19(4,5)18-9-8-12-6-7-14(16)13(10-12)11-17/h6-7,10,17H,8-9,11H2,1-5H3. The Morgan fingerprint density at radius 1 is 1.26 bits per heavy atom. The van der Waals surface area contributed by atoms with Gasteiger partial charge in [0.25, 0.3) is 0 Å². The summed E-state index contributed by atoms with van der Waals surface area (Å²) >= 11 is 0. The Morgan fingerprint density at radius 3 is 2.42 bits per heavy atom. The van der Waals surface area contributed by atoms with E-state index in [0.29, 0.717) is 12.2 Å². The van der Waals surface area contributed by atoms with Gasteiger partial charge >= 0.3 is 0 Å². The minimum absolute atomic E-state index is 0.200. The summed E-state index contributed by atoms with van der Waals surface area (Å²) in [6.45, 7) is 11.5. The van der Waals surface area contributed by atoms with Crippen LogP contribution in [-0.2, 0) is 17.5 Å². The van der Waals surface area contributed by atoms with E-state index in [0.717, 1.165) is 12.0 Å². The molecule has 0 saturated heterocycles. The molecule has 1 N–H and O–H groups in total. The van der Waals surface area contributed by atoms with E-state index in [1.165, 1.54) is 6.07 Å². The Hall–Kier alpha value is -0.713. The zero-order valence-electron chi connectivity index (χ0n) is 12.6. The van der Waals surface area contributed by atoms with Gasteiger partial charge in [-0.3, -0.25) is 0 Å². The monoisotopic (exact) mass is 284 g/mol. The molecule has 108 valence electrons. The smallest absolute Gasteiger partial charge is 0.191 e. The van der Waals surface area contributed by atoms with Gasteiger partial charge < -0.3 is 9.53 Å². The van der Waals surface area contributed by atoms with Crippen molar-refractivity contribution in [1.29, 1.82) is 0 Å². The van der Waals surface area contributed by atoms with E-state index >= 15 is 0 Å². The molecule has 1 aromatic carbocycles. The Balaban J connectivity index is 2.59. The molecule has 0 heterocycles. The van der Waals surface area contributed by atoms with E-state index < -0.39 is 8.32 Å². The first-order chi connectivity index (χ1) is 8.67. The number of hydrogen-bond acceptors (Lipinski definition) is 2. The van der Waals surface area contributed by atoms with Crippen LogP contribution < -0.4 is 0 Å². The van der Waals surface area contributed by atoms with E-state index in [-0.39, 0.29) is 17.5 Å². The fourth-order valence-corrected chi connectivity index (χ4v) is 2.59. The first kappa shape index (κ1) is 16.3. The molecule has 4 heteroatoms. The van der Waals surface area contributed by atoms with Crippen molar-refractivity contribution >= 4 is 8.32 Å². The van der Waals surface area contributed by atoms with Gasteiger partial charge in [-0.25, -0.2) is 4.39 Å². The zero-order chi connectivity index (χ0) is 14.7. The summed E-state index contributed by atoms with van der Waals surface area (Å²) < 4.78 is 19.3. The van der Waals surface area contributed by atoms with Gasteiger partial charge in [0.1, 0.15) is 5.82 Å². The lowest BCUT2D eigenvalue weighted by Gasteiger charge is -2.36. The van der Waals surface area contributed by atoms with Crippen LogP contribution in [0, 0.1) is 5.82 Å². The highest BCUT2D eigenvalue weighted by molar-refractivity contribution is 6.74. The second-order valence-corrected chi connectivity index (χ2v) is 11.3. The lowest BCUT2D eigenvalue weighted by atomic mass is 10.1. The summed E-state index contributed by atoms with van der Waals surface area (Å²) in [4.78, 5) is 0. The Morgan fingerprint density at radius 2 is 1.89 bits per heavy atom. The second-order valence-electron chi connectivity index (χ2n) is 6.44. The molecule has 0 radical (unpaired) electrons. The molecule has 0 atom stereocenters. The molecule has 2 nitrogen and oxygen atoms in total. The Labute approximate surface area is 116 Å². The van der Waals surface area contributed by atoms with Crippen molar-refractivity contribution in [3.05, 3.63) is 35.1 Å². The van der Waals surface area contributed by atoms with Gasteiger partial charge in [0.05, 0.1) is 6.61 Å². The number of rotatable bonds is 5. The molecule has 19 heavy (non-hydrogen) atoms. The highest BCUT2D eigenvalue weighted by Crippen LogP contribution is 2.36. The third-order valence-electron chi connectivity index (χ3n) is 3.94. The van der Waals surface area contributed by atoms with E-state index in [1.807, 2.05) is 0 Å². The zero-order valence-corrected chi connectivity index (χ0v) is 13.6. The fourth-order valence-electron chi connectivity index (χ4n) is 1.55. The van der Waals surface area contributed by atoms with Gasteiger partial charge in [-0.15, -0.1) is 0 Å². The summed E-state index contributed by atoms with van der Waals surface area (Å²) in [5.41, 5.74) is 1.36. The maximum absolute atomic E-state index is 13.3. The van der Waals surface area contributed by atoms with Crippen LogP contribution >= 0.6 is 0 Å². The van der Waals surface area contributed by atoms with Gasteiger partial charge in [-0.2, -0.15) is 0 Å². The third kappa shape index (κ3) is 4.40. The molecule has 0 fully saturated rings. The molecule has 0 spiro atoms. The van der Waals surface area contributed by atoms with Crippen LogP contribution in [0.3, 0.4) is 0 Å². The average molecular weight is 284 g/mol. The molecule has 1 rings (SSSR count). The first-order valence-corrected chi connectivity index (χ1v) is 9.60. The summed E-state index contributed by atoms with van der Waals surface area (Å²) in [6.07, 6.45) is 0.750. The van der Waals surface area contributed by atoms with Crippen LogP contribution in [0.2, 0.25) is 18.1 Å². The molecule has 0 amide bonds. The normalized spacial score (nSPS) is 12.8. The topological polar surface area (TPSA) is 29.5 Å². The largest absolute Gasteiger partial charge is 0.416 e. The van der Waals surface area contributed by atoms with E-state index in [1.54, 1.807) is 12.1 Å². The van der Waals surface area contributed by atoms with Crippen molar-refractivity contribution in [3.8, 4) is 0 Å². The summed E-state index contributed by atoms with van der Waals surface area (Å²) in [7, 11) is -1.72. The SMILES string of the molecule is CC(C)(C)[Si](C)(C)OCCc1ccc(F)c(CO)c1. The molecule has 1 aromatic rings. The van der Waals surface area contributed by atoms with Crippen molar-refractivity contribution in [3.63, 3.8) is 0 Å². The predicted molar refractivity (Wildman–Crippen MR) is 79.2 cm³/mol. The molecule has 0 unspecified atom stereocenters. The predicted octanol–water partition coefficient (Wildman–Crippen LogP) is 3.88. The Bertz CT molecular complexity index is 425. The Kier molecular flexibility index (Phi) is 5.30. The second kappa shape index (κ2) is 6.16. The lowest BCUT2D eigenvalue weighted by Crippen LogP contribution is -2.41. The van der Waals surface area contributed by atoms with Crippen LogP contribution in [-0.4, -0.2) is 20.0 Å². The maximum atomic E-state index is 13.3. The van der Waals surface area contributed by atoms with E-state index in [9.17, 15) is 4.39 Å². The lowest BCUT2D eigenvalue weighted by molar-refractivity contribution is 0.274. The van der Waals surface area contributed by atoms with Crippen LogP contribution in [0.15, 0.2) is 18.2 Å². The molecule has 0 aliphatic carbocycles. The molecule has 0 aliphatic heterocycles. The van der Waals surface area contributed by atoms with Gasteiger partial charge in [-0.1, -0.05) is 32.9 Å². The van der Waals surface area contributed by atoms with E-state index in [4.69, 9.17) is 9.53 Å². The van der Waals surface area contributed by atoms with Crippen LogP contribution in [0.25, 0.3) is 0 Å². The van der Waals surface area contributed by atoms with E-state index in [2.05, 4.69) is 33.9 Å². The number of aliphatic hydroxyl groups excluding tert-OH is 1. The quantitative estimate of drug-likeness (QED) is 0.831. The average Bonchev–Trinajstić information content (AvgIpc) is 2.29.